The maximum atomic E-state index is 6.94. The van der Waals surface area contributed by atoms with Gasteiger partial charge in [0.15, 0.2) is 5.58 Å². The molecule has 0 fully saturated rings. The second-order valence-corrected chi connectivity index (χ2v) is 14.8. The van der Waals surface area contributed by atoms with E-state index < -0.39 is 0 Å². The van der Waals surface area contributed by atoms with Gasteiger partial charge in [-0.15, -0.1) is 0 Å². The van der Waals surface area contributed by atoms with E-state index in [1.165, 1.54) is 10.9 Å². The fourth-order valence-corrected chi connectivity index (χ4v) is 9.11. The number of anilines is 3. The Morgan fingerprint density at radius 2 is 1.00 bits per heavy atom. The van der Waals surface area contributed by atoms with Crippen LogP contribution >= 0.6 is 0 Å². The van der Waals surface area contributed by atoms with Crippen LogP contribution in [0, 0.1) is 0 Å². The number of furan rings is 2. The lowest BCUT2D eigenvalue weighted by Crippen LogP contribution is -2.52. The molecule has 0 bridgehead atoms. The molecule has 5 heteroatoms. The van der Waals surface area contributed by atoms with Gasteiger partial charge < -0.3 is 18.5 Å². The van der Waals surface area contributed by atoms with Crippen LogP contribution in [0.15, 0.2) is 203 Å². The lowest BCUT2D eigenvalue weighted by Gasteiger charge is -2.28. The number of hydrogen-bond acceptors (Lipinski definition) is 4. The molecule has 0 saturated carbocycles. The number of benzene rings is 9. The highest BCUT2D eigenvalue weighted by Gasteiger charge is 2.31. The Hall–Kier alpha value is -7.50. The minimum atomic E-state index is -0.0797. The molecule has 1 aliphatic rings. The van der Waals surface area contributed by atoms with Crippen molar-refractivity contribution in [2.24, 2.45) is 0 Å². The first kappa shape index (κ1) is 31.8. The van der Waals surface area contributed by atoms with Crippen molar-refractivity contribution >= 4 is 94.8 Å². The van der Waals surface area contributed by atoms with Gasteiger partial charge in [-0.25, -0.2) is 0 Å². The van der Waals surface area contributed by atoms with Crippen LogP contribution in [0.3, 0.4) is 0 Å². The van der Waals surface area contributed by atoms with E-state index in [-0.39, 0.29) is 6.71 Å². The number of rotatable bonds is 6. The molecular weight excluding hydrogens is 697 g/mol. The molecule has 12 rings (SSSR count). The molecule has 0 saturated heterocycles. The lowest BCUT2D eigenvalue weighted by atomic mass is 9.36. The number of fused-ring (bicyclic) bond motifs is 8. The molecule has 0 amide bonds. The highest BCUT2D eigenvalue weighted by atomic mass is 16.5. The monoisotopic (exact) mass is 729 g/mol. The summed E-state index contributed by atoms with van der Waals surface area (Å²) < 4.78 is 20.1. The summed E-state index contributed by atoms with van der Waals surface area (Å²) in [5, 5.41) is 6.71. The average molecular weight is 730 g/mol. The molecule has 9 aromatic carbocycles. The van der Waals surface area contributed by atoms with Crippen molar-refractivity contribution in [2.75, 3.05) is 4.90 Å². The third-order valence-electron chi connectivity index (χ3n) is 11.6. The Bertz CT molecular complexity index is 3350. The summed E-state index contributed by atoms with van der Waals surface area (Å²) in [6.45, 7) is -0.0797. The molecule has 0 radical (unpaired) electrons. The third-order valence-corrected chi connectivity index (χ3v) is 11.6. The summed E-state index contributed by atoms with van der Waals surface area (Å²) in [5.74, 6) is 1.65. The van der Waals surface area contributed by atoms with Crippen molar-refractivity contribution in [1.29, 1.82) is 0 Å². The Balaban J connectivity index is 1.03. The molecule has 11 aromatic rings. The van der Waals surface area contributed by atoms with Crippen molar-refractivity contribution in [3.8, 4) is 22.6 Å². The van der Waals surface area contributed by atoms with Gasteiger partial charge in [-0.2, -0.15) is 0 Å². The Morgan fingerprint density at radius 1 is 0.386 bits per heavy atom. The van der Waals surface area contributed by atoms with Crippen LogP contribution in [0.4, 0.5) is 17.1 Å². The Morgan fingerprint density at radius 3 is 1.79 bits per heavy atom. The van der Waals surface area contributed by atoms with Crippen LogP contribution in [0.5, 0.6) is 11.5 Å². The second-order valence-electron chi connectivity index (χ2n) is 14.8. The normalized spacial score (nSPS) is 12.0. The highest BCUT2D eigenvalue weighted by Crippen LogP contribution is 2.49. The van der Waals surface area contributed by atoms with E-state index in [2.05, 4.69) is 175 Å². The van der Waals surface area contributed by atoms with Gasteiger partial charge in [0, 0.05) is 44.2 Å². The average Bonchev–Trinajstić information content (AvgIpc) is 3.85. The van der Waals surface area contributed by atoms with E-state index >= 15 is 0 Å². The van der Waals surface area contributed by atoms with Crippen LogP contribution in [-0.4, -0.2) is 6.71 Å². The van der Waals surface area contributed by atoms with Gasteiger partial charge in [-0.3, -0.25) is 0 Å². The topological polar surface area (TPSA) is 38.8 Å². The molecule has 3 heterocycles. The SMILES string of the molecule is c1ccc(B(c2ccc3c4c(cccc24)Oc2cc(N(c4ccccc4)c4cccc5c4oc4ccccc45)ccc2-3)c2cccc3c2oc2ccccc23)cc1. The molecular formula is C52H32BNO3. The van der Waals surface area contributed by atoms with Gasteiger partial charge in [0.25, 0.3) is 0 Å². The van der Waals surface area contributed by atoms with Crippen LogP contribution in [-0.2, 0) is 0 Å². The second kappa shape index (κ2) is 12.5. The van der Waals surface area contributed by atoms with Crippen molar-refractivity contribution < 1.29 is 13.6 Å². The van der Waals surface area contributed by atoms with Gasteiger partial charge >= 0.3 is 0 Å². The molecule has 0 atom stereocenters. The molecule has 1 aliphatic heterocycles. The maximum Gasteiger partial charge on any atom is 0.246 e. The summed E-state index contributed by atoms with van der Waals surface area (Å²) in [7, 11) is 0. The van der Waals surface area contributed by atoms with E-state index in [0.29, 0.717) is 0 Å². The minimum Gasteiger partial charge on any atom is -0.457 e. The first-order valence-corrected chi connectivity index (χ1v) is 19.4. The number of para-hydroxylation sites is 5. The highest BCUT2D eigenvalue weighted by molar-refractivity contribution is 6.98. The molecule has 0 unspecified atom stereocenters. The van der Waals surface area contributed by atoms with E-state index in [9.17, 15) is 0 Å². The fourth-order valence-electron chi connectivity index (χ4n) is 9.11. The predicted molar refractivity (Wildman–Crippen MR) is 236 cm³/mol. The molecule has 266 valence electrons. The largest absolute Gasteiger partial charge is 0.457 e. The summed E-state index contributed by atoms with van der Waals surface area (Å²) in [4.78, 5) is 2.26. The molecule has 0 N–H and O–H groups in total. The fraction of sp³-hybridized carbons (Fsp3) is 0. The quantitative estimate of drug-likeness (QED) is 0.160. The van der Waals surface area contributed by atoms with Gasteiger partial charge in [-0.05, 0) is 64.9 Å². The smallest absolute Gasteiger partial charge is 0.246 e. The van der Waals surface area contributed by atoms with Crippen LogP contribution in [0.1, 0.15) is 0 Å². The van der Waals surface area contributed by atoms with Crippen molar-refractivity contribution in [1.82, 2.24) is 0 Å². The Kier molecular flexibility index (Phi) is 6.99. The summed E-state index contributed by atoms with van der Waals surface area (Å²) in [5.41, 5.74) is 12.2. The number of ether oxygens (including phenoxy) is 1. The van der Waals surface area contributed by atoms with Gasteiger partial charge in [0.05, 0.1) is 11.4 Å². The zero-order valence-corrected chi connectivity index (χ0v) is 30.7. The standard InChI is InChI=1S/C52H32BNO3/c1-3-14-33(15-4-1)53(44-23-11-20-40-36-18-7-9-25-46(36)56-51(40)44)43-31-30-39-38-29-28-35(32-49(38)55-48-27-13-22-42(43)50(39)48)54(34-16-5-2-6-17-34)45-24-12-21-41-37-19-8-10-26-47(37)57-52(41)45/h1-32H. The van der Waals surface area contributed by atoms with Gasteiger partial charge in [0.2, 0.25) is 6.71 Å². The first-order valence-electron chi connectivity index (χ1n) is 19.4. The van der Waals surface area contributed by atoms with Crippen LogP contribution in [0.25, 0.3) is 65.8 Å². The van der Waals surface area contributed by atoms with Crippen molar-refractivity contribution in [3.63, 3.8) is 0 Å². The summed E-state index contributed by atoms with van der Waals surface area (Å²) >= 11 is 0. The van der Waals surface area contributed by atoms with Crippen molar-refractivity contribution in [3.05, 3.63) is 194 Å². The molecule has 0 aliphatic carbocycles. The Labute approximate surface area is 328 Å². The van der Waals surface area contributed by atoms with Gasteiger partial charge in [-0.1, -0.05) is 150 Å². The zero-order chi connectivity index (χ0) is 37.5. The lowest BCUT2D eigenvalue weighted by molar-refractivity contribution is 0.487. The molecule has 4 nitrogen and oxygen atoms in total. The number of nitrogens with zero attached hydrogens (tertiary/aromatic N) is 1. The van der Waals surface area contributed by atoms with Crippen LogP contribution < -0.4 is 26.0 Å². The predicted octanol–water partition coefficient (Wildman–Crippen LogP) is 12.4. The van der Waals surface area contributed by atoms with E-state index in [0.717, 1.165) is 99.8 Å². The van der Waals surface area contributed by atoms with Crippen molar-refractivity contribution in [2.45, 2.75) is 0 Å². The molecule has 57 heavy (non-hydrogen) atoms. The van der Waals surface area contributed by atoms with E-state index in [1.54, 1.807) is 0 Å². The summed E-state index contributed by atoms with van der Waals surface area (Å²) in [6.07, 6.45) is 0. The van der Waals surface area contributed by atoms with Gasteiger partial charge in [0.1, 0.15) is 28.2 Å². The molecule has 2 aromatic heterocycles. The maximum absolute atomic E-state index is 6.94. The zero-order valence-electron chi connectivity index (χ0n) is 30.7. The molecule has 0 spiro atoms. The van der Waals surface area contributed by atoms with Crippen LogP contribution in [0.2, 0.25) is 0 Å². The van der Waals surface area contributed by atoms with E-state index in [1.807, 2.05) is 24.3 Å². The minimum absolute atomic E-state index is 0.0797. The van der Waals surface area contributed by atoms with E-state index in [4.69, 9.17) is 13.6 Å². The number of hydrogen-bond donors (Lipinski definition) is 0. The summed E-state index contributed by atoms with van der Waals surface area (Å²) in [6, 6.07) is 68.3. The first-order chi connectivity index (χ1) is 28.3. The third kappa shape index (κ3) is 4.89.